The molecule has 0 atom stereocenters. The summed E-state index contributed by atoms with van der Waals surface area (Å²) in [5.74, 6) is -0.171. The van der Waals surface area contributed by atoms with Crippen LogP contribution < -0.4 is 4.74 Å². The second kappa shape index (κ2) is 8.94. The minimum Gasteiger partial charge on any atom is -0.484 e. The third-order valence-electron chi connectivity index (χ3n) is 5.44. The van der Waals surface area contributed by atoms with Crippen molar-refractivity contribution in [3.63, 3.8) is 0 Å². The molecule has 1 aliphatic rings. The third-order valence-corrected chi connectivity index (χ3v) is 5.44. The molecular formula is C23H22F3N3O3. The van der Waals surface area contributed by atoms with Crippen LogP contribution >= 0.6 is 0 Å². The minimum absolute atomic E-state index is 0.00742. The Hall–Kier alpha value is -3.49. The summed E-state index contributed by atoms with van der Waals surface area (Å²) in [6.45, 7) is 0.268. The summed E-state index contributed by atoms with van der Waals surface area (Å²) in [4.78, 5) is 32.0. The third kappa shape index (κ3) is 5.04. The van der Waals surface area contributed by atoms with Crippen molar-refractivity contribution in [3.05, 3.63) is 65.9 Å². The van der Waals surface area contributed by atoms with Crippen LogP contribution in [0, 0.1) is 0 Å². The number of benzene rings is 2. The molecule has 1 fully saturated rings. The van der Waals surface area contributed by atoms with Crippen molar-refractivity contribution in [1.82, 2.24) is 14.8 Å². The smallest absolute Gasteiger partial charge is 0.422 e. The standard InChI is InChI=1S/C23H22F3N3O3/c24-23(25,26)15-32-18-7-5-16(6-8-18)22(31)29-11-9-28(10-12-29)21(30)13-17-14-27-20-4-2-1-3-19(17)20/h1-8,14,27H,9-13,15H2. The SMILES string of the molecule is O=C(Cc1c[nH]c2ccccc12)N1CCN(C(=O)c2ccc(OCC(F)(F)F)cc2)CC1. The number of piperazine rings is 1. The van der Waals surface area contributed by atoms with Gasteiger partial charge in [0.25, 0.3) is 5.91 Å². The number of nitrogens with zero attached hydrogens (tertiary/aromatic N) is 2. The predicted octanol–water partition coefficient (Wildman–Crippen LogP) is 3.64. The number of carbonyl (C=O) groups is 2. The number of ether oxygens (including phenoxy) is 1. The molecule has 0 aliphatic carbocycles. The number of carbonyl (C=O) groups excluding carboxylic acids is 2. The Morgan fingerprint density at radius 3 is 2.28 bits per heavy atom. The number of hydrogen-bond donors (Lipinski definition) is 1. The largest absolute Gasteiger partial charge is 0.484 e. The number of para-hydroxylation sites is 1. The average Bonchev–Trinajstić information content (AvgIpc) is 3.20. The Kier molecular flexibility index (Phi) is 6.07. The van der Waals surface area contributed by atoms with Gasteiger partial charge in [0.05, 0.1) is 6.42 Å². The van der Waals surface area contributed by atoms with Gasteiger partial charge in [-0.25, -0.2) is 0 Å². The molecule has 6 nitrogen and oxygen atoms in total. The van der Waals surface area contributed by atoms with E-state index in [1.54, 1.807) is 9.80 Å². The van der Waals surface area contributed by atoms with Gasteiger partial charge in [0, 0.05) is 48.8 Å². The van der Waals surface area contributed by atoms with Crippen molar-refractivity contribution in [2.24, 2.45) is 0 Å². The molecule has 2 amide bonds. The highest BCUT2D eigenvalue weighted by Crippen LogP contribution is 2.21. The number of aromatic nitrogens is 1. The molecule has 168 valence electrons. The van der Waals surface area contributed by atoms with Gasteiger partial charge in [-0.2, -0.15) is 13.2 Å². The highest BCUT2D eigenvalue weighted by molar-refractivity contribution is 5.94. The van der Waals surface area contributed by atoms with Gasteiger partial charge in [-0.05, 0) is 35.9 Å². The number of amides is 2. The molecule has 0 unspecified atom stereocenters. The van der Waals surface area contributed by atoms with Crippen LogP contribution in [-0.2, 0) is 11.2 Å². The van der Waals surface area contributed by atoms with Crippen LogP contribution in [0.4, 0.5) is 13.2 Å². The number of aromatic amines is 1. The normalized spacial score (nSPS) is 14.6. The molecule has 2 heterocycles. The van der Waals surface area contributed by atoms with Gasteiger partial charge in [-0.1, -0.05) is 18.2 Å². The summed E-state index contributed by atoms with van der Waals surface area (Å²) in [6, 6.07) is 13.4. The van der Waals surface area contributed by atoms with Crippen LogP contribution in [0.15, 0.2) is 54.7 Å². The Morgan fingerprint density at radius 2 is 1.59 bits per heavy atom. The molecule has 1 aromatic heterocycles. The summed E-state index contributed by atoms with van der Waals surface area (Å²) in [5, 5.41) is 1.03. The molecule has 0 saturated carbocycles. The summed E-state index contributed by atoms with van der Waals surface area (Å²) >= 11 is 0. The first kappa shape index (κ1) is 21.7. The fourth-order valence-corrected chi connectivity index (χ4v) is 3.75. The van der Waals surface area contributed by atoms with Gasteiger partial charge in [-0.15, -0.1) is 0 Å². The molecule has 2 aromatic carbocycles. The lowest BCUT2D eigenvalue weighted by atomic mass is 10.1. The van der Waals surface area contributed by atoms with E-state index < -0.39 is 12.8 Å². The number of fused-ring (bicyclic) bond motifs is 1. The number of H-pyrrole nitrogens is 1. The van der Waals surface area contributed by atoms with Crippen molar-refractivity contribution in [2.75, 3.05) is 32.8 Å². The zero-order chi connectivity index (χ0) is 22.7. The molecular weight excluding hydrogens is 423 g/mol. The summed E-state index contributed by atoms with van der Waals surface area (Å²) in [5.41, 5.74) is 2.29. The van der Waals surface area contributed by atoms with E-state index in [-0.39, 0.29) is 24.0 Å². The van der Waals surface area contributed by atoms with Crippen molar-refractivity contribution >= 4 is 22.7 Å². The molecule has 1 aliphatic heterocycles. The molecule has 3 aromatic rings. The van der Waals surface area contributed by atoms with Crippen LogP contribution in [0.5, 0.6) is 5.75 Å². The van der Waals surface area contributed by atoms with Gasteiger partial charge >= 0.3 is 6.18 Å². The number of halogens is 3. The van der Waals surface area contributed by atoms with Crippen LogP contribution in [0.1, 0.15) is 15.9 Å². The molecule has 32 heavy (non-hydrogen) atoms. The van der Waals surface area contributed by atoms with Gasteiger partial charge in [0.15, 0.2) is 6.61 Å². The lowest BCUT2D eigenvalue weighted by Gasteiger charge is -2.35. The zero-order valence-corrected chi connectivity index (χ0v) is 17.2. The maximum absolute atomic E-state index is 12.7. The first-order chi connectivity index (χ1) is 15.3. The van der Waals surface area contributed by atoms with Gasteiger partial charge in [0.1, 0.15) is 5.75 Å². The fraction of sp³-hybridized carbons (Fsp3) is 0.304. The fourth-order valence-electron chi connectivity index (χ4n) is 3.75. The van der Waals surface area contributed by atoms with E-state index >= 15 is 0 Å². The van der Waals surface area contributed by atoms with Crippen molar-refractivity contribution < 1.29 is 27.5 Å². The van der Waals surface area contributed by atoms with E-state index in [1.165, 1.54) is 24.3 Å². The van der Waals surface area contributed by atoms with Crippen LogP contribution in [0.25, 0.3) is 10.9 Å². The van der Waals surface area contributed by atoms with Gasteiger partial charge in [-0.3, -0.25) is 9.59 Å². The minimum atomic E-state index is -4.42. The topological polar surface area (TPSA) is 65.6 Å². The zero-order valence-electron chi connectivity index (χ0n) is 17.2. The number of nitrogens with one attached hydrogen (secondary N) is 1. The Morgan fingerprint density at radius 1 is 0.938 bits per heavy atom. The maximum atomic E-state index is 12.7. The average molecular weight is 445 g/mol. The summed E-state index contributed by atoms with van der Waals surface area (Å²) in [6.07, 6.45) is -2.28. The van der Waals surface area contributed by atoms with Crippen LogP contribution in [0.3, 0.4) is 0 Å². The maximum Gasteiger partial charge on any atom is 0.422 e. The highest BCUT2D eigenvalue weighted by Gasteiger charge is 2.29. The first-order valence-electron chi connectivity index (χ1n) is 10.2. The van der Waals surface area contributed by atoms with Gasteiger partial charge < -0.3 is 19.5 Å². The lowest BCUT2D eigenvalue weighted by molar-refractivity contribution is -0.153. The van der Waals surface area contributed by atoms with Crippen molar-refractivity contribution in [1.29, 1.82) is 0 Å². The van der Waals surface area contributed by atoms with E-state index in [1.807, 2.05) is 30.5 Å². The number of rotatable bonds is 5. The Labute approximate surface area is 182 Å². The number of hydrogen-bond acceptors (Lipinski definition) is 3. The second-order valence-electron chi connectivity index (χ2n) is 7.64. The molecule has 0 bridgehead atoms. The molecule has 1 N–H and O–H groups in total. The quantitative estimate of drug-likeness (QED) is 0.652. The summed E-state index contributed by atoms with van der Waals surface area (Å²) in [7, 11) is 0. The van der Waals surface area contributed by atoms with Crippen LogP contribution in [0.2, 0.25) is 0 Å². The Bertz CT molecular complexity index is 1100. The summed E-state index contributed by atoms with van der Waals surface area (Å²) < 4.78 is 41.4. The molecule has 1 saturated heterocycles. The van der Waals surface area contributed by atoms with E-state index in [2.05, 4.69) is 9.72 Å². The van der Waals surface area contributed by atoms with Crippen LogP contribution in [-0.4, -0.2) is 65.6 Å². The van der Waals surface area contributed by atoms with E-state index in [0.717, 1.165) is 16.5 Å². The first-order valence-corrected chi connectivity index (χ1v) is 10.2. The van der Waals surface area contributed by atoms with Gasteiger partial charge in [0.2, 0.25) is 5.91 Å². The molecule has 0 radical (unpaired) electrons. The van der Waals surface area contributed by atoms with Crippen molar-refractivity contribution in [3.8, 4) is 5.75 Å². The molecule has 0 spiro atoms. The monoisotopic (exact) mass is 445 g/mol. The second-order valence-corrected chi connectivity index (χ2v) is 7.64. The highest BCUT2D eigenvalue weighted by atomic mass is 19.4. The predicted molar refractivity (Wildman–Crippen MR) is 112 cm³/mol. The Balaban J connectivity index is 1.30. The van der Waals surface area contributed by atoms with E-state index in [0.29, 0.717) is 31.7 Å². The van der Waals surface area contributed by atoms with E-state index in [9.17, 15) is 22.8 Å². The number of alkyl halides is 3. The molecule has 4 rings (SSSR count). The van der Waals surface area contributed by atoms with Crippen molar-refractivity contribution in [2.45, 2.75) is 12.6 Å². The molecule has 9 heteroatoms. The van der Waals surface area contributed by atoms with E-state index in [4.69, 9.17) is 0 Å². The lowest BCUT2D eigenvalue weighted by Crippen LogP contribution is -2.51.